The van der Waals surface area contributed by atoms with Gasteiger partial charge in [0, 0.05) is 30.4 Å². The molecule has 0 radical (unpaired) electrons. The highest BCUT2D eigenvalue weighted by Crippen LogP contribution is 2.40. The van der Waals surface area contributed by atoms with Gasteiger partial charge in [-0.1, -0.05) is 0 Å². The highest BCUT2D eigenvalue weighted by Gasteiger charge is 2.43. The first-order valence-electron chi connectivity index (χ1n) is 7.51. The lowest BCUT2D eigenvalue weighted by Crippen LogP contribution is -2.46. The molecule has 21 heavy (non-hydrogen) atoms. The predicted molar refractivity (Wildman–Crippen MR) is 76.9 cm³/mol. The first-order valence-corrected chi connectivity index (χ1v) is 7.51. The Bertz CT molecular complexity index is 541. The van der Waals surface area contributed by atoms with E-state index in [1.165, 1.54) is 0 Å². The summed E-state index contributed by atoms with van der Waals surface area (Å²) >= 11 is 0. The van der Waals surface area contributed by atoms with Crippen molar-refractivity contribution in [3.63, 3.8) is 0 Å². The third kappa shape index (κ3) is 2.77. The zero-order chi connectivity index (χ0) is 15.0. The van der Waals surface area contributed by atoms with Crippen LogP contribution in [-0.4, -0.2) is 39.0 Å². The normalized spacial score (nSPS) is 27.7. The summed E-state index contributed by atoms with van der Waals surface area (Å²) in [6.45, 7) is 1.90. The van der Waals surface area contributed by atoms with Gasteiger partial charge in [0.2, 0.25) is 0 Å². The standard InChI is InChI=1S/C16H20N2O3/c1-10-2-3-12(9-17-10)16(21)18-13-4-5-14(18)7-11(6-13)8-15(19)20/h2-3,9,11,13-14H,4-8H2,1H3,(H,19,20). The number of fused-ring (bicyclic) bond motifs is 2. The number of nitrogens with zero attached hydrogens (tertiary/aromatic N) is 2. The summed E-state index contributed by atoms with van der Waals surface area (Å²) in [5.74, 6) is -0.481. The van der Waals surface area contributed by atoms with Gasteiger partial charge in [0.1, 0.15) is 0 Å². The number of piperidine rings is 1. The molecule has 2 unspecified atom stereocenters. The number of hydrogen-bond donors (Lipinski definition) is 1. The first-order chi connectivity index (χ1) is 10.0. The molecule has 2 saturated heterocycles. The zero-order valence-corrected chi connectivity index (χ0v) is 12.2. The maximum atomic E-state index is 12.7. The van der Waals surface area contributed by atoms with Crippen molar-refractivity contribution in [1.82, 2.24) is 9.88 Å². The van der Waals surface area contributed by atoms with Crippen molar-refractivity contribution in [3.8, 4) is 0 Å². The molecule has 2 aliphatic heterocycles. The van der Waals surface area contributed by atoms with Crippen molar-refractivity contribution in [2.75, 3.05) is 0 Å². The number of carbonyl (C=O) groups is 2. The number of aromatic nitrogens is 1. The Balaban J connectivity index is 1.74. The molecule has 5 heteroatoms. The van der Waals surface area contributed by atoms with E-state index in [1.807, 2.05) is 24.0 Å². The van der Waals surface area contributed by atoms with Crippen LogP contribution in [0.3, 0.4) is 0 Å². The lowest BCUT2D eigenvalue weighted by molar-refractivity contribution is -0.138. The molecule has 1 N–H and O–H groups in total. The van der Waals surface area contributed by atoms with Crippen molar-refractivity contribution >= 4 is 11.9 Å². The molecule has 0 aromatic carbocycles. The minimum absolute atomic E-state index is 0.0452. The highest BCUT2D eigenvalue weighted by molar-refractivity contribution is 5.94. The Morgan fingerprint density at radius 2 is 1.95 bits per heavy atom. The van der Waals surface area contributed by atoms with Crippen LogP contribution < -0.4 is 0 Å². The molecule has 2 aliphatic rings. The van der Waals surface area contributed by atoms with E-state index in [4.69, 9.17) is 5.11 Å². The van der Waals surface area contributed by atoms with E-state index in [1.54, 1.807) is 6.20 Å². The van der Waals surface area contributed by atoms with Gasteiger partial charge in [-0.3, -0.25) is 14.6 Å². The van der Waals surface area contributed by atoms with Gasteiger partial charge >= 0.3 is 5.97 Å². The summed E-state index contributed by atoms with van der Waals surface area (Å²) in [5.41, 5.74) is 1.53. The fourth-order valence-electron chi connectivity index (χ4n) is 3.78. The van der Waals surface area contributed by atoms with Gasteiger partial charge in [0.25, 0.3) is 5.91 Å². The van der Waals surface area contributed by atoms with Gasteiger partial charge in [-0.25, -0.2) is 0 Å². The fourth-order valence-corrected chi connectivity index (χ4v) is 3.78. The molecule has 0 aliphatic carbocycles. The third-order valence-corrected chi connectivity index (χ3v) is 4.69. The molecule has 2 bridgehead atoms. The number of aliphatic carboxylic acids is 1. The summed E-state index contributed by atoms with van der Waals surface area (Å²) in [7, 11) is 0. The smallest absolute Gasteiger partial charge is 0.303 e. The first kappa shape index (κ1) is 14.0. The average Bonchev–Trinajstić information content (AvgIpc) is 2.70. The highest BCUT2D eigenvalue weighted by atomic mass is 16.4. The van der Waals surface area contributed by atoms with Crippen LogP contribution in [0.15, 0.2) is 18.3 Å². The maximum Gasteiger partial charge on any atom is 0.303 e. The minimum atomic E-state index is -0.734. The van der Waals surface area contributed by atoms with E-state index >= 15 is 0 Å². The van der Waals surface area contributed by atoms with Crippen LogP contribution in [0, 0.1) is 12.8 Å². The molecule has 1 aromatic rings. The molecule has 5 nitrogen and oxygen atoms in total. The number of hydrogen-bond acceptors (Lipinski definition) is 3. The number of amides is 1. The van der Waals surface area contributed by atoms with Gasteiger partial charge in [-0.15, -0.1) is 0 Å². The summed E-state index contributed by atoms with van der Waals surface area (Å²) in [6.07, 6.45) is 5.47. The number of carboxylic acid groups (broad SMARTS) is 1. The Labute approximate surface area is 124 Å². The Morgan fingerprint density at radius 3 is 2.48 bits per heavy atom. The fraction of sp³-hybridized carbons (Fsp3) is 0.562. The summed E-state index contributed by atoms with van der Waals surface area (Å²) in [5, 5.41) is 8.95. The molecule has 1 amide bonds. The van der Waals surface area contributed by atoms with E-state index in [0.29, 0.717) is 5.56 Å². The van der Waals surface area contributed by atoms with Crippen LogP contribution in [0.2, 0.25) is 0 Å². The SMILES string of the molecule is Cc1ccc(C(=O)N2C3CCC2CC(CC(=O)O)C3)cn1. The van der Waals surface area contributed by atoms with Crippen molar-refractivity contribution in [2.45, 2.75) is 51.1 Å². The van der Waals surface area contributed by atoms with E-state index < -0.39 is 5.97 Å². The van der Waals surface area contributed by atoms with Gasteiger partial charge in [0.15, 0.2) is 0 Å². The molecule has 3 heterocycles. The molecular formula is C16H20N2O3. The number of pyridine rings is 1. The molecular weight excluding hydrogens is 268 g/mol. The molecule has 2 atom stereocenters. The van der Waals surface area contributed by atoms with Gasteiger partial charge in [0.05, 0.1) is 5.56 Å². The average molecular weight is 288 g/mol. The van der Waals surface area contributed by atoms with Crippen molar-refractivity contribution < 1.29 is 14.7 Å². The van der Waals surface area contributed by atoms with Crippen LogP contribution in [0.25, 0.3) is 0 Å². The van der Waals surface area contributed by atoms with Crippen LogP contribution in [0.1, 0.15) is 48.2 Å². The Morgan fingerprint density at radius 1 is 1.29 bits per heavy atom. The zero-order valence-electron chi connectivity index (χ0n) is 12.2. The minimum Gasteiger partial charge on any atom is -0.481 e. The Hall–Kier alpha value is -1.91. The number of carbonyl (C=O) groups excluding carboxylic acids is 1. The molecule has 3 rings (SSSR count). The molecule has 2 fully saturated rings. The lowest BCUT2D eigenvalue weighted by Gasteiger charge is -2.38. The second-order valence-electron chi connectivity index (χ2n) is 6.22. The maximum absolute atomic E-state index is 12.7. The summed E-state index contributed by atoms with van der Waals surface area (Å²) in [6, 6.07) is 4.07. The molecule has 112 valence electrons. The second kappa shape index (κ2) is 5.47. The third-order valence-electron chi connectivity index (χ3n) is 4.69. The number of aryl methyl sites for hydroxylation is 1. The van der Waals surface area contributed by atoms with Crippen LogP contribution >= 0.6 is 0 Å². The van der Waals surface area contributed by atoms with Gasteiger partial charge < -0.3 is 10.0 Å². The second-order valence-corrected chi connectivity index (χ2v) is 6.22. The van der Waals surface area contributed by atoms with Crippen LogP contribution in [0.4, 0.5) is 0 Å². The van der Waals surface area contributed by atoms with Crippen molar-refractivity contribution in [2.24, 2.45) is 5.92 Å². The van der Waals surface area contributed by atoms with Crippen molar-refractivity contribution in [3.05, 3.63) is 29.6 Å². The Kier molecular flexibility index (Phi) is 3.66. The van der Waals surface area contributed by atoms with Crippen molar-refractivity contribution in [1.29, 1.82) is 0 Å². The number of carboxylic acids is 1. The van der Waals surface area contributed by atoms with Gasteiger partial charge in [-0.05, 0) is 50.7 Å². The van der Waals surface area contributed by atoms with E-state index in [2.05, 4.69) is 4.98 Å². The quantitative estimate of drug-likeness (QED) is 0.926. The number of rotatable bonds is 3. The topological polar surface area (TPSA) is 70.5 Å². The van der Waals surface area contributed by atoms with E-state index in [-0.39, 0.29) is 30.3 Å². The predicted octanol–water partition coefficient (Wildman–Crippen LogP) is 2.25. The molecule has 0 spiro atoms. The summed E-state index contributed by atoms with van der Waals surface area (Å²) < 4.78 is 0. The van der Waals surface area contributed by atoms with Crippen LogP contribution in [-0.2, 0) is 4.79 Å². The summed E-state index contributed by atoms with van der Waals surface area (Å²) in [4.78, 5) is 29.7. The molecule has 0 saturated carbocycles. The van der Waals surface area contributed by atoms with E-state index in [9.17, 15) is 9.59 Å². The molecule has 1 aromatic heterocycles. The largest absolute Gasteiger partial charge is 0.481 e. The lowest BCUT2D eigenvalue weighted by atomic mass is 9.88. The van der Waals surface area contributed by atoms with Gasteiger partial charge in [-0.2, -0.15) is 0 Å². The van der Waals surface area contributed by atoms with E-state index in [0.717, 1.165) is 31.4 Å². The monoisotopic (exact) mass is 288 g/mol. The van der Waals surface area contributed by atoms with Crippen LogP contribution in [0.5, 0.6) is 0 Å².